The molecule has 1 saturated heterocycles. The molecule has 1 aliphatic rings. The molecular formula is C26H32N4OS. The minimum atomic E-state index is -0.0188. The highest BCUT2D eigenvalue weighted by Gasteiger charge is 2.41. The van der Waals surface area contributed by atoms with Gasteiger partial charge in [-0.3, -0.25) is 4.98 Å². The molecule has 0 unspecified atom stereocenters. The highest BCUT2D eigenvalue weighted by molar-refractivity contribution is 7.80. The summed E-state index contributed by atoms with van der Waals surface area (Å²) in [6, 6.07) is 12.9. The summed E-state index contributed by atoms with van der Waals surface area (Å²) in [5.41, 5.74) is 9.84. The fourth-order valence-corrected chi connectivity index (χ4v) is 5.46. The molecule has 0 aliphatic carbocycles. The van der Waals surface area contributed by atoms with Crippen molar-refractivity contribution < 1.29 is 4.74 Å². The molecule has 6 heteroatoms. The first-order chi connectivity index (χ1) is 15.3. The van der Waals surface area contributed by atoms with Gasteiger partial charge < -0.3 is 19.5 Å². The molecule has 4 rings (SSSR count). The number of hydrogen-bond acceptors (Lipinski definition) is 3. The molecule has 0 bridgehead atoms. The van der Waals surface area contributed by atoms with Crippen LogP contribution >= 0.6 is 12.2 Å². The molecule has 1 aromatic carbocycles. The van der Waals surface area contributed by atoms with E-state index in [1.807, 2.05) is 18.3 Å². The summed E-state index contributed by atoms with van der Waals surface area (Å²) in [6.45, 7) is 12.3. The topological polar surface area (TPSA) is 42.3 Å². The van der Waals surface area contributed by atoms with E-state index in [0.29, 0.717) is 6.61 Å². The Balaban J connectivity index is 1.86. The van der Waals surface area contributed by atoms with Crippen molar-refractivity contribution in [3.05, 3.63) is 81.9 Å². The number of nitrogens with one attached hydrogen (secondary N) is 1. The normalized spacial score (nSPS) is 18.3. The van der Waals surface area contributed by atoms with Gasteiger partial charge in [0.15, 0.2) is 5.11 Å². The van der Waals surface area contributed by atoms with Crippen molar-refractivity contribution in [3.63, 3.8) is 0 Å². The maximum Gasteiger partial charge on any atom is 0.170 e. The van der Waals surface area contributed by atoms with Crippen LogP contribution in [-0.2, 0) is 4.74 Å². The molecule has 2 aromatic heterocycles. The van der Waals surface area contributed by atoms with Crippen molar-refractivity contribution in [2.24, 2.45) is 0 Å². The molecule has 1 N–H and O–H groups in total. The van der Waals surface area contributed by atoms with E-state index in [1.54, 1.807) is 7.11 Å². The Hall–Kier alpha value is -2.70. The number of nitrogens with zero attached hydrogens (tertiary/aromatic N) is 3. The summed E-state index contributed by atoms with van der Waals surface area (Å²) < 4.78 is 7.79. The zero-order valence-electron chi connectivity index (χ0n) is 19.8. The average Bonchev–Trinajstić information content (AvgIpc) is 3.22. The van der Waals surface area contributed by atoms with Gasteiger partial charge in [0.2, 0.25) is 0 Å². The Morgan fingerprint density at radius 2 is 1.78 bits per heavy atom. The summed E-state index contributed by atoms with van der Waals surface area (Å²) in [6.07, 6.45) is 1.84. The second-order valence-electron chi connectivity index (χ2n) is 8.72. The van der Waals surface area contributed by atoms with Gasteiger partial charge in [0, 0.05) is 31.2 Å². The van der Waals surface area contributed by atoms with E-state index in [-0.39, 0.29) is 12.1 Å². The molecule has 0 amide bonds. The first-order valence-corrected chi connectivity index (χ1v) is 11.5. The van der Waals surface area contributed by atoms with Crippen LogP contribution in [0.1, 0.15) is 51.4 Å². The third kappa shape index (κ3) is 3.93. The molecule has 0 radical (unpaired) electrons. The van der Waals surface area contributed by atoms with Gasteiger partial charge in [-0.15, -0.1) is 0 Å². The van der Waals surface area contributed by atoms with Crippen molar-refractivity contribution in [3.8, 4) is 5.69 Å². The molecule has 0 saturated carbocycles. The number of methoxy groups -OCH3 is 1. The molecule has 2 atom stereocenters. The van der Waals surface area contributed by atoms with E-state index in [4.69, 9.17) is 17.0 Å². The lowest BCUT2D eigenvalue weighted by atomic mass is 9.96. The lowest BCUT2D eigenvalue weighted by molar-refractivity contribution is 0.164. The van der Waals surface area contributed by atoms with Crippen LogP contribution in [-0.4, -0.2) is 39.8 Å². The van der Waals surface area contributed by atoms with Crippen LogP contribution in [0.3, 0.4) is 0 Å². The van der Waals surface area contributed by atoms with Crippen molar-refractivity contribution in [1.82, 2.24) is 19.8 Å². The highest BCUT2D eigenvalue weighted by Crippen LogP contribution is 2.41. The van der Waals surface area contributed by atoms with E-state index < -0.39 is 0 Å². The minimum Gasteiger partial charge on any atom is -0.383 e. The summed E-state index contributed by atoms with van der Waals surface area (Å²) in [5, 5.41) is 4.28. The Bertz CT molecular complexity index is 1120. The molecule has 3 heterocycles. The third-order valence-electron chi connectivity index (χ3n) is 6.38. The Morgan fingerprint density at radius 1 is 1.06 bits per heavy atom. The third-order valence-corrected chi connectivity index (χ3v) is 6.73. The first-order valence-electron chi connectivity index (χ1n) is 11.1. The summed E-state index contributed by atoms with van der Waals surface area (Å²) >= 11 is 5.76. The number of hydrogen-bond donors (Lipinski definition) is 1. The zero-order chi connectivity index (χ0) is 23.0. The van der Waals surface area contributed by atoms with Gasteiger partial charge >= 0.3 is 0 Å². The van der Waals surface area contributed by atoms with Gasteiger partial charge in [0.25, 0.3) is 0 Å². The molecule has 1 aliphatic heterocycles. The molecule has 0 spiro atoms. The molecule has 168 valence electrons. The SMILES string of the molecule is COCCN1C(=S)N[C@H](c2ccccn2)[C@@H]1c1cc(C)n(-c2c(C)cc(C)cc2C)c1C. The van der Waals surface area contributed by atoms with Gasteiger partial charge in [0.05, 0.1) is 30.1 Å². The standard InChI is InChI=1S/C26H32N4OS/c1-16-13-17(2)24(18(3)14-16)30-19(4)15-21(20(30)5)25-23(22-9-7-8-10-27-22)28-26(32)29(25)11-12-31-6/h7-10,13-15,23,25H,11-12H2,1-6H3,(H,28,32)/t23-,25+/m1/s1. The van der Waals surface area contributed by atoms with E-state index in [0.717, 1.165) is 17.4 Å². The quantitative estimate of drug-likeness (QED) is 0.536. The van der Waals surface area contributed by atoms with E-state index in [1.165, 1.54) is 39.3 Å². The Kier molecular flexibility index (Phi) is 6.35. The van der Waals surface area contributed by atoms with Crippen molar-refractivity contribution in [2.45, 2.75) is 46.7 Å². The smallest absolute Gasteiger partial charge is 0.170 e. The number of pyridine rings is 1. The maximum absolute atomic E-state index is 5.76. The number of aryl methyl sites for hydroxylation is 4. The van der Waals surface area contributed by atoms with Crippen LogP contribution in [0.5, 0.6) is 0 Å². The van der Waals surface area contributed by atoms with Gasteiger partial charge in [-0.1, -0.05) is 23.8 Å². The molecular weight excluding hydrogens is 416 g/mol. The summed E-state index contributed by atoms with van der Waals surface area (Å²) in [7, 11) is 1.73. The highest BCUT2D eigenvalue weighted by atomic mass is 32.1. The van der Waals surface area contributed by atoms with Gasteiger partial charge in [-0.2, -0.15) is 0 Å². The molecule has 3 aromatic rings. The Labute approximate surface area is 196 Å². The largest absolute Gasteiger partial charge is 0.383 e. The van der Waals surface area contributed by atoms with Crippen molar-refractivity contribution >= 4 is 17.3 Å². The second-order valence-corrected chi connectivity index (χ2v) is 9.11. The monoisotopic (exact) mass is 448 g/mol. The number of aromatic nitrogens is 2. The van der Waals surface area contributed by atoms with Crippen molar-refractivity contribution in [2.75, 3.05) is 20.3 Å². The van der Waals surface area contributed by atoms with Gasteiger partial charge in [0.1, 0.15) is 0 Å². The van der Waals surface area contributed by atoms with E-state index in [9.17, 15) is 0 Å². The number of benzene rings is 1. The molecule has 32 heavy (non-hydrogen) atoms. The van der Waals surface area contributed by atoms with E-state index >= 15 is 0 Å². The predicted molar refractivity (Wildman–Crippen MR) is 133 cm³/mol. The molecule has 1 fully saturated rings. The van der Waals surface area contributed by atoms with Gasteiger partial charge in [-0.25, -0.2) is 0 Å². The van der Waals surface area contributed by atoms with Crippen LogP contribution in [0.4, 0.5) is 0 Å². The van der Waals surface area contributed by atoms with Crippen LogP contribution < -0.4 is 5.32 Å². The van der Waals surface area contributed by atoms with E-state index in [2.05, 4.69) is 78.7 Å². The molecule has 5 nitrogen and oxygen atoms in total. The predicted octanol–water partition coefficient (Wildman–Crippen LogP) is 5.03. The number of rotatable bonds is 6. The first kappa shape index (κ1) is 22.5. The van der Waals surface area contributed by atoms with Gasteiger partial charge in [-0.05, 0) is 81.7 Å². The number of ether oxygens (including phenoxy) is 1. The van der Waals surface area contributed by atoms with Crippen molar-refractivity contribution in [1.29, 1.82) is 0 Å². The summed E-state index contributed by atoms with van der Waals surface area (Å²) in [4.78, 5) is 6.90. The lowest BCUT2D eigenvalue weighted by Gasteiger charge is -2.28. The summed E-state index contributed by atoms with van der Waals surface area (Å²) in [5.74, 6) is 0. The maximum atomic E-state index is 5.76. The van der Waals surface area contributed by atoms with Crippen LogP contribution in [0, 0.1) is 34.6 Å². The number of thiocarbonyl (C=S) groups is 1. The zero-order valence-corrected chi connectivity index (χ0v) is 20.6. The minimum absolute atomic E-state index is 0.0188. The fraction of sp³-hybridized carbons (Fsp3) is 0.385. The van der Waals surface area contributed by atoms with Crippen LogP contribution in [0.15, 0.2) is 42.6 Å². The average molecular weight is 449 g/mol. The second kappa shape index (κ2) is 9.04. The van der Waals surface area contributed by atoms with Crippen LogP contribution in [0.2, 0.25) is 0 Å². The lowest BCUT2D eigenvalue weighted by Crippen LogP contribution is -2.32. The fourth-order valence-electron chi connectivity index (χ4n) is 5.13. The van der Waals surface area contributed by atoms with Crippen LogP contribution in [0.25, 0.3) is 5.69 Å². The Morgan fingerprint density at radius 3 is 2.41 bits per heavy atom.